The summed E-state index contributed by atoms with van der Waals surface area (Å²) in [5.41, 5.74) is 2.51. The van der Waals surface area contributed by atoms with Crippen molar-refractivity contribution in [2.45, 2.75) is 45.3 Å². The molecule has 19 heavy (non-hydrogen) atoms. The van der Waals surface area contributed by atoms with Gasteiger partial charge in [0.15, 0.2) is 0 Å². The smallest absolute Gasteiger partial charge is 0.123 e. The Labute approximate surface area is 116 Å². The van der Waals surface area contributed by atoms with Crippen LogP contribution in [0.2, 0.25) is 0 Å². The van der Waals surface area contributed by atoms with E-state index in [-0.39, 0.29) is 0 Å². The fourth-order valence-corrected chi connectivity index (χ4v) is 2.54. The zero-order valence-electron chi connectivity index (χ0n) is 12.1. The van der Waals surface area contributed by atoms with Crippen LogP contribution in [-0.4, -0.2) is 26.4 Å². The number of benzene rings is 1. The molecular weight excluding hydrogens is 238 g/mol. The first kappa shape index (κ1) is 14.4. The van der Waals surface area contributed by atoms with Gasteiger partial charge in [-0.3, -0.25) is 0 Å². The Bertz CT molecular complexity index is 386. The average Bonchev–Trinajstić information content (AvgIpc) is 2.90. The van der Waals surface area contributed by atoms with E-state index in [1.165, 1.54) is 24.0 Å². The van der Waals surface area contributed by atoms with Gasteiger partial charge in [-0.2, -0.15) is 0 Å². The van der Waals surface area contributed by atoms with Gasteiger partial charge in [0.05, 0.1) is 12.7 Å². The van der Waals surface area contributed by atoms with Crippen molar-refractivity contribution >= 4 is 0 Å². The van der Waals surface area contributed by atoms with Gasteiger partial charge < -0.3 is 14.8 Å². The van der Waals surface area contributed by atoms with Crippen LogP contribution in [0.5, 0.6) is 5.75 Å². The molecule has 1 aromatic carbocycles. The van der Waals surface area contributed by atoms with E-state index in [0.717, 1.165) is 38.3 Å². The third-order valence-electron chi connectivity index (χ3n) is 3.54. The minimum absolute atomic E-state index is 0.471. The summed E-state index contributed by atoms with van der Waals surface area (Å²) in [5, 5.41) is 3.19. The summed E-state index contributed by atoms with van der Waals surface area (Å²) in [4.78, 5) is 0. The van der Waals surface area contributed by atoms with E-state index in [0.29, 0.717) is 6.10 Å². The van der Waals surface area contributed by atoms with Crippen molar-refractivity contribution in [3.05, 3.63) is 29.3 Å². The number of aryl methyl sites for hydroxylation is 1. The summed E-state index contributed by atoms with van der Waals surface area (Å²) in [7, 11) is 1.96. The second-order valence-corrected chi connectivity index (χ2v) is 5.27. The molecule has 106 valence electrons. The highest BCUT2D eigenvalue weighted by Gasteiger charge is 2.14. The van der Waals surface area contributed by atoms with Gasteiger partial charge in [0.1, 0.15) is 5.75 Å². The number of nitrogens with one attached hydrogen (secondary N) is 1. The van der Waals surface area contributed by atoms with Crippen molar-refractivity contribution in [3.63, 3.8) is 0 Å². The molecule has 0 saturated carbocycles. The first-order chi connectivity index (χ1) is 9.29. The highest BCUT2D eigenvalue weighted by molar-refractivity contribution is 5.36. The molecule has 1 unspecified atom stereocenters. The minimum atomic E-state index is 0.471. The lowest BCUT2D eigenvalue weighted by molar-refractivity contribution is 0.0981. The van der Waals surface area contributed by atoms with Crippen molar-refractivity contribution in [2.75, 3.05) is 20.3 Å². The van der Waals surface area contributed by atoms with Crippen LogP contribution in [0.15, 0.2) is 18.2 Å². The van der Waals surface area contributed by atoms with Crippen LogP contribution in [0.25, 0.3) is 0 Å². The third kappa shape index (κ3) is 4.51. The van der Waals surface area contributed by atoms with Gasteiger partial charge in [-0.15, -0.1) is 0 Å². The molecule has 1 heterocycles. The first-order valence-corrected chi connectivity index (χ1v) is 7.28. The summed E-state index contributed by atoms with van der Waals surface area (Å²) >= 11 is 0. The third-order valence-corrected chi connectivity index (χ3v) is 3.54. The van der Waals surface area contributed by atoms with Crippen LogP contribution in [0.1, 0.15) is 36.8 Å². The van der Waals surface area contributed by atoms with E-state index in [9.17, 15) is 0 Å². The average molecular weight is 263 g/mol. The molecule has 1 aliphatic heterocycles. The molecule has 1 atom stereocenters. The zero-order chi connectivity index (χ0) is 13.5. The maximum atomic E-state index is 5.91. The lowest BCUT2D eigenvalue weighted by Crippen LogP contribution is -2.10. The molecule has 2 rings (SSSR count). The Balaban J connectivity index is 1.77. The van der Waals surface area contributed by atoms with E-state index in [1.54, 1.807) is 0 Å². The number of ether oxygens (including phenoxy) is 2. The second kappa shape index (κ2) is 7.51. The van der Waals surface area contributed by atoms with Crippen LogP contribution in [0, 0.1) is 6.92 Å². The summed E-state index contributed by atoms with van der Waals surface area (Å²) in [5.74, 6) is 1.01. The highest BCUT2D eigenvalue weighted by Crippen LogP contribution is 2.21. The SMILES string of the molecule is CNCc1cc(C)ccc1OCCCC1CCCO1. The van der Waals surface area contributed by atoms with Crippen molar-refractivity contribution in [1.82, 2.24) is 5.32 Å². The van der Waals surface area contributed by atoms with Crippen LogP contribution in [-0.2, 0) is 11.3 Å². The van der Waals surface area contributed by atoms with Gasteiger partial charge >= 0.3 is 0 Å². The van der Waals surface area contributed by atoms with Crippen LogP contribution in [0.3, 0.4) is 0 Å². The number of hydrogen-bond acceptors (Lipinski definition) is 3. The normalized spacial score (nSPS) is 18.7. The Kier molecular flexibility index (Phi) is 5.67. The maximum absolute atomic E-state index is 5.91. The zero-order valence-corrected chi connectivity index (χ0v) is 12.1. The topological polar surface area (TPSA) is 30.5 Å². The summed E-state index contributed by atoms with van der Waals surface area (Å²) in [6.45, 7) is 4.68. The fourth-order valence-electron chi connectivity index (χ4n) is 2.54. The Morgan fingerprint density at radius 2 is 2.32 bits per heavy atom. The maximum Gasteiger partial charge on any atom is 0.123 e. The lowest BCUT2D eigenvalue weighted by Gasteiger charge is -2.13. The van der Waals surface area contributed by atoms with Crippen molar-refractivity contribution < 1.29 is 9.47 Å². The van der Waals surface area contributed by atoms with Gasteiger partial charge in [-0.1, -0.05) is 17.7 Å². The van der Waals surface area contributed by atoms with Crippen LogP contribution >= 0.6 is 0 Å². The van der Waals surface area contributed by atoms with Gasteiger partial charge in [0.2, 0.25) is 0 Å². The molecule has 0 bridgehead atoms. The monoisotopic (exact) mass is 263 g/mol. The van der Waals surface area contributed by atoms with E-state index < -0.39 is 0 Å². The molecule has 0 spiro atoms. The molecule has 3 nitrogen and oxygen atoms in total. The van der Waals surface area contributed by atoms with E-state index in [4.69, 9.17) is 9.47 Å². The Morgan fingerprint density at radius 1 is 1.42 bits per heavy atom. The molecule has 0 radical (unpaired) electrons. The molecule has 1 aromatic rings. The molecule has 0 aliphatic carbocycles. The van der Waals surface area contributed by atoms with Gasteiger partial charge in [-0.25, -0.2) is 0 Å². The fraction of sp³-hybridized carbons (Fsp3) is 0.625. The van der Waals surface area contributed by atoms with Crippen LogP contribution in [0.4, 0.5) is 0 Å². The predicted molar refractivity (Wildman–Crippen MR) is 77.6 cm³/mol. The molecular formula is C16H25NO2. The van der Waals surface area contributed by atoms with Crippen LogP contribution < -0.4 is 10.1 Å². The Hall–Kier alpha value is -1.06. The summed E-state index contributed by atoms with van der Waals surface area (Å²) in [6.07, 6.45) is 5.09. The molecule has 0 amide bonds. The van der Waals surface area contributed by atoms with Gasteiger partial charge in [0, 0.05) is 18.7 Å². The van der Waals surface area contributed by atoms with E-state index >= 15 is 0 Å². The summed E-state index contributed by atoms with van der Waals surface area (Å²) < 4.78 is 11.5. The molecule has 0 aromatic heterocycles. The largest absolute Gasteiger partial charge is 0.493 e. The number of hydrogen-bond donors (Lipinski definition) is 1. The standard InChI is InChI=1S/C16H25NO2/c1-13-7-8-16(14(11-13)12-17-2)19-10-4-6-15-5-3-9-18-15/h7-8,11,15,17H,3-6,9-10,12H2,1-2H3. The minimum Gasteiger partial charge on any atom is -0.493 e. The lowest BCUT2D eigenvalue weighted by atomic mass is 10.1. The van der Waals surface area contributed by atoms with E-state index in [1.807, 2.05) is 7.05 Å². The van der Waals surface area contributed by atoms with Gasteiger partial charge in [-0.05, 0) is 45.7 Å². The molecule has 1 fully saturated rings. The van der Waals surface area contributed by atoms with Crippen molar-refractivity contribution in [2.24, 2.45) is 0 Å². The molecule has 1 N–H and O–H groups in total. The second-order valence-electron chi connectivity index (χ2n) is 5.27. The molecule has 1 aliphatic rings. The quantitative estimate of drug-likeness (QED) is 0.767. The molecule has 1 saturated heterocycles. The molecule has 3 heteroatoms. The predicted octanol–water partition coefficient (Wildman–Crippen LogP) is 3.05. The van der Waals surface area contributed by atoms with E-state index in [2.05, 4.69) is 30.4 Å². The highest BCUT2D eigenvalue weighted by atomic mass is 16.5. The van der Waals surface area contributed by atoms with Gasteiger partial charge in [0.25, 0.3) is 0 Å². The number of rotatable bonds is 7. The van der Waals surface area contributed by atoms with Crippen molar-refractivity contribution in [1.29, 1.82) is 0 Å². The Morgan fingerprint density at radius 3 is 3.05 bits per heavy atom. The van der Waals surface area contributed by atoms with Crippen molar-refractivity contribution in [3.8, 4) is 5.75 Å². The summed E-state index contributed by atoms with van der Waals surface area (Å²) in [6, 6.07) is 6.37. The first-order valence-electron chi connectivity index (χ1n) is 7.28.